The number of aryl methyl sites for hydroxylation is 2. The summed E-state index contributed by atoms with van der Waals surface area (Å²) in [4.78, 5) is 3.15. The summed E-state index contributed by atoms with van der Waals surface area (Å²) in [5, 5.41) is 9.05. The zero-order valence-corrected chi connectivity index (χ0v) is 8.83. The molecular weight excluding hydrogens is 184 g/mol. The molecule has 1 N–H and O–H groups in total. The van der Waals surface area contributed by atoms with Gasteiger partial charge in [-0.2, -0.15) is 5.26 Å². The minimum Gasteiger partial charge on any atom is -0.360 e. The van der Waals surface area contributed by atoms with Gasteiger partial charge in [0, 0.05) is 6.20 Å². The molecule has 0 aliphatic carbocycles. The molecule has 2 rings (SSSR count). The maximum atomic E-state index is 9.05. The molecule has 0 amide bonds. The van der Waals surface area contributed by atoms with E-state index in [0.29, 0.717) is 0 Å². The van der Waals surface area contributed by atoms with E-state index in [1.54, 1.807) is 0 Å². The molecule has 1 aromatic carbocycles. The molecule has 0 saturated heterocycles. The number of nitriles is 1. The molecule has 2 aromatic rings. The van der Waals surface area contributed by atoms with Crippen LogP contribution in [0.4, 0.5) is 0 Å². The number of aromatic nitrogens is 1. The number of nitrogens with zero attached hydrogens (tertiary/aromatic N) is 1. The number of hydrogen-bond acceptors (Lipinski definition) is 1. The topological polar surface area (TPSA) is 39.6 Å². The second kappa shape index (κ2) is 3.62. The van der Waals surface area contributed by atoms with Gasteiger partial charge in [-0.3, -0.25) is 0 Å². The van der Waals surface area contributed by atoms with Gasteiger partial charge in [0.2, 0.25) is 0 Å². The van der Waals surface area contributed by atoms with Crippen molar-refractivity contribution < 1.29 is 0 Å². The monoisotopic (exact) mass is 196 g/mol. The maximum absolute atomic E-state index is 9.05. The summed E-state index contributed by atoms with van der Waals surface area (Å²) in [6, 6.07) is 10.4. The summed E-state index contributed by atoms with van der Waals surface area (Å²) in [5.74, 6) is 0. The van der Waals surface area contributed by atoms with Gasteiger partial charge in [0.15, 0.2) is 0 Å². The van der Waals surface area contributed by atoms with E-state index in [0.717, 1.165) is 22.4 Å². The Hall–Kier alpha value is -2.01. The predicted octanol–water partition coefficient (Wildman–Crippen LogP) is 3.17. The van der Waals surface area contributed by atoms with Gasteiger partial charge < -0.3 is 4.98 Å². The van der Waals surface area contributed by atoms with E-state index < -0.39 is 0 Å². The van der Waals surface area contributed by atoms with Gasteiger partial charge in [0.25, 0.3) is 0 Å². The molecule has 0 bridgehead atoms. The van der Waals surface area contributed by atoms with Crippen LogP contribution in [0.3, 0.4) is 0 Å². The number of H-pyrrole nitrogens is 1. The molecule has 15 heavy (non-hydrogen) atoms. The minimum atomic E-state index is 0.737. The van der Waals surface area contributed by atoms with Crippen LogP contribution in [0, 0.1) is 25.2 Å². The summed E-state index contributed by atoms with van der Waals surface area (Å²) in [7, 11) is 0. The molecule has 1 heterocycles. The van der Waals surface area contributed by atoms with Crippen molar-refractivity contribution in [2.24, 2.45) is 0 Å². The van der Waals surface area contributed by atoms with E-state index in [1.807, 2.05) is 38.2 Å². The highest BCUT2D eigenvalue weighted by molar-refractivity contribution is 5.69. The van der Waals surface area contributed by atoms with Crippen LogP contribution in [-0.2, 0) is 0 Å². The van der Waals surface area contributed by atoms with E-state index in [2.05, 4.69) is 17.1 Å². The predicted molar refractivity (Wildman–Crippen MR) is 60.4 cm³/mol. The molecule has 0 aliphatic heterocycles. The van der Waals surface area contributed by atoms with Crippen molar-refractivity contribution in [3.8, 4) is 17.3 Å². The molecule has 0 radical (unpaired) electrons. The largest absolute Gasteiger partial charge is 0.360 e. The summed E-state index contributed by atoms with van der Waals surface area (Å²) in [6.07, 6.45) is 1.87. The van der Waals surface area contributed by atoms with Crippen molar-refractivity contribution in [3.05, 3.63) is 47.2 Å². The van der Waals surface area contributed by atoms with Crippen LogP contribution >= 0.6 is 0 Å². The first kappa shape index (κ1) is 9.54. The van der Waals surface area contributed by atoms with Crippen molar-refractivity contribution in [1.29, 1.82) is 5.26 Å². The molecule has 0 unspecified atom stereocenters. The first-order chi connectivity index (χ1) is 7.22. The first-order valence-corrected chi connectivity index (χ1v) is 4.87. The lowest BCUT2D eigenvalue weighted by Crippen LogP contribution is -1.83. The van der Waals surface area contributed by atoms with Crippen LogP contribution in [0.5, 0.6) is 0 Å². The lowest BCUT2D eigenvalue weighted by Gasteiger charge is -2.00. The molecule has 0 aliphatic rings. The molecule has 2 heteroatoms. The number of hydrogen-bond donors (Lipinski definition) is 1. The maximum Gasteiger partial charge on any atom is 0.102 e. The van der Waals surface area contributed by atoms with Gasteiger partial charge in [0.1, 0.15) is 6.07 Å². The zero-order valence-electron chi connectivity index (χ0n) is 8.83. The fourth-order valence-corrected chi connectivity index (χ4v) is 1.69. The Kier molecular flexibility index (Phi) is 2.31. The number of rotatable bonds is 1. The lowest BCUT2D eigenvalue weighted by atomic mass is 10.0. The highest BCUT2D eigenvalue weighted by Gasteiger charge is 2.09. The third-order valence-corrected chi connectivity index (χ3v) is 2.50. The molecule has 2 nitrogen and oxygen atoms in total. The lowest BCUT2D eigenvalue weighted by molar-refractivity contribution is 1.37. The summed E-state index contributed by atoms with van der Waals surface area (Å²) < 4.78 is 0. The third kappa shape index (κ3) is 1.64. The van der Waals surface area contributed by atoms with E-state index in [9.17, 15) is 0 Å². The Balaban J connectivity index is 2.60. The van der Waals surface area contributed by atoms with Crippen molar-refractivity contribution in [3.63, 3.8) is 0 Å². The van der Waals surface area contributed by atoms with Gasteiger partial charge in [-0.15, -0.1) is 0 Å². The van der Waals surface area contributed by atoms with Gasteiger partial charge in [0.05, 0.1) is 11.3 Å². The normalized spacial score (nSPS) is 9.93. The van der Waals surface area contributed by atoms with Crippen molar-refractivity contribution >= 4 is 0 Å². The highest BCUT2D eigenvalue weighted by atomic mass is 14.7. The van der Waals surface area contributed by atoms with E-state index >= 15 is 0 Å². The minimum absolute atomic E-state index is 0.737. The molecule has 0 fully saturated rings. The second-order valence-electron chi connectivity index (χ2n) is 3.70. The average molecular weight is 196 g/mol. The standard InChI is InChI=1S/C13H12N2/c1-9-4-3-5-11(6-9)13-12(7-14)10(2)8-15-13/h3-6,8,15H,1-2H3. The number of aromatic amines is 1. The van der Waals surface area contributed by atoms with Crippen molar-refractivity contribution in [2.45, 2.75) is 13.8 Å². The van der Waals surface area contributed by atoms with E-state index in [4.69, 9.17) is 5.26 Å². The van der Waals surface area contributed by atoms with Crippen LogP contribution in [0.2, 0.25) is 0 Å². The van der Waals surface area contributed by atoms with Crippen molar-refractivity contribution in [2.75, 3.05) is 0 Å². The molecule has 1 aromatic heterocycles. The molecule has 0 atom stereocenters. The summed E-state index contributed by atoms with van der Waals surface area (Å²) in [5.41, 5.74) is 4.91. The number of nitrogens with one attached hydrogen (secondary N) is 1. The fourth-order valence-electron chi connectivity index (χ4n) is 1.69. The molecule has 0 saturated carbocycles. The molecular formula is C13H12N2. The Morgan fingerprint density at radius 3 is 2.73 bits per heavy atom. The quantitative estimate of drug-likeness (QED) is 0.747. The summed E-state index contributed by atoms with van der Waals surface area (Å²) in [6.45, 7) is 3.99. The Morgan fingerprint density at radius 2 is 2.07 bits per heavy atom. The second-order valence-corrected chi connectivity index (χ2v) is 3.70. The number of benzene rings is 1. The Bertz CT molecular complexity index is 530. The third-order valence-electron chi connectivity index (χ3n) is 2.50. The van der Waals surface area contributed by atoms with Crippen molar-refractivity contribution in [1.82, 2.24) is 4.98 Å². The van der Waals surface area contributed by atoms with Gasteiger partial charge in [-0.25, -0.2) is 0 Å². The van der Waals surface area contributed by atoms with Crippen LogP contribution in [0.1, 0.15) is 16.7 Å². The smallest absolute Gasteiger partial charge is 0.102 e. The van der Waals surface area contributed by atoms with Gasteiger partial charge in [-0.1, -0.05) is 23.8 Å². The van der Waals surface area contributed by atoms with E-state index in [1.165, 1.54) is 5.56 Å². The van der Waals surface area contributed by atoms with Crippen LogP contribution < -0.4 is 0 Å². The van der Waals surface area contributed by atoms with Gasteiger partial charge in [-0.05, 0) is 31.0 Å². The van der Waals surface area contributed by atoms with Crippen LogP contribution in [0.15, 0.2) is 30.5 Å². The average Bonchev–Trinajstić information content (AvgIpc) is 2.59. The summed E-state index contributed by atoms with van der Waals surface area (Å²) >= 11 is 0. The molecule has 0 spiro atoms. The molecule has 74 valence electrons. The Labute approximate surface area is 89.2 Å². The van der Waals surface area contributed by atoms with Gasteiger partial charge >= 0.3 is 0 Å². The first-order valence-electron chi connectivity index (χ1n) is 4.87. The zero-order chi connectivity index (χ0) is 10.8. The Morgan fingerprint density at radius 1 is 1.27 bits per heavy atom. The van der Waals surface area contributed by atoms with E-state index in [-0.39, 0.29) is 0 Å². The fraction of sp³-hybridized carbons (Fsp3) is 0.154. The van der Waals surface area contributed by atoms with Crippen LogP contribution in [0.25, 0.3) is 11.3 Å². The SMILES string of the molecule is Cc1cccc(-c2[nH]cc(C)c2C#N)c1. The highest BCUT2D eigenvalue weighted by Crippen LogP contribution is 2.24. The van der Waals surface area contributed by atoms with Crippen LogP contribution in [-0.4, -0.2) is 4.98 Å².